The minimum atomic E-state index is -4.59. The van der Waals surface area contributed by atoms with Crippen LogP contribution in [0.5, 0.6) is 11.6 Å². The summed E-state index contributed by atoms with van der Waals surface area (Å²) in [7, 11) is 2.46. The van der Waals surface area contributed by atoms with E-state index in [4.69, 9.17) is 4.74 Å². The zero-order chi connectivity index (χ0) is 23.8. The van der Waals surface area contributed by atoms with Gasteiger partial charge < -0.3 is 9.94 Å². The van der Waals surface area contributed by atoms with E-state index in [0.29, 0.717) is 31.8 Å². The molecule has 0 spiro atoms. The van der Waals surface area contributed by atoms with Crippen molar-refractivity contribution in [3.8, 4) is 11.6 Å². The van der Waals surface area contributed by atoms with Crippen LogP contribution in [0.25, 0.3) is 10.9 Å². The Morgan fingerprint density at radius 3 is 2.70 bits per heavy atom. The Balaban J connectivity index is 1.54. The highest BCUT2D eigenvalue weighted by molar-refractivity contribution is 5.98. The van der Waals surface area contributed by atoms with Crippen molar-refractivity contribution >= 4 is 29.0 Å². The summed E-state index contributed by atoms with van der Waals surface area (Å²) in [6.07, 6.45) is -0.602. The molecule has 1 aromatic carbocycles. The van der Waals surface area contributed by atoms with Crippen molar-refractivity contribution in [2.24, 2.45) is 7.05 Å². The Labute approximate surface area is 184 Å². The summed E-state index contributed by atoms with van der Waals surface area (Å²) in [5.74, 6) is 0.405. The minimum Gasteiger partial charge on any atom is -0.624 e. The molecule has 0 aliphatic carbocycles. The molecule has 0 aliphatic heterocycles. The quantitative estimate of drug-likeness (QED) is 0.216. The fourth-order valence-corrected chi connectivity index (χ4v) is 3.11. The molecule has 0 unspecified atom stereocenters. The Morgan fingerprint density at radius 2 is 2.00 bits per heavy atom. The normalized spacial score (nSPS) is 12.2. The Morgan fingerprint density at radius 1 is 1.21 bits per heavy atom. The predicted molar refractivity (Wildman–Crippen MR) is 111 cm³/mol. The standard InChI is InChI=1S/C20H16F3N7O3/c1-28(32)10-13-8-18(25-11-24-13)33-14-3-4-15-12(7-14)5-6-30(15)19(31)26-17-9-16(20(21,22)23)29(2)27-17/h3-11H,1-2H3,(H,26,27,31). The number of rotatable bonds is 4. The molecule has 170 valence electrons. The molecule has 4 aromatic rings. The molecule has 3 aromatic heterocycles. The van der Waals surface area contributed by atoms with Crippen LogP contribution < -0.4 is 10.1 Å². The smallest absolute Gasteiger partial charge is 0.433 e. The summed E-state index contributed by atoms with van der Waals surface area (Å²) >= 11 is 0. The molecule has 3 heterocycles. The average Bonchev–Trinajstić information content (AvgIpc) is 3.30. The molecular weight excluding hydrogens is 443 g/mol. The van der Waals surface area contributed by atoms with Gasteiger partial charge in [-0.1, -0.05) is 0 Å². The van der Waals surface area contributed by atoms with Crippen LogP contribution in [0.1, 0.15) is 11.4 Å². The number of aryl methyl sites for hydroxylation is 1. The number of amides is 1. The Bertz CT molecular complexity index is 1370. The third-order valence-corrected chi connectivity index (χ3v) is 4.49. The van der Waals surface area contributed by atoms with E-state index in [9.17, 15) is 23.2 Å². The number of benzene rings is 1. The van der Waals surface area contributed by atoms with Gasteiger partial charge >= 0.3 is 12.2 Å². The number of ether oxygens (including phenoxy) is 1. The second kappa shape index (κ2) is 8.26. The van der Waals surface area contributed by atoms with E-state index in [-0.39, 0.29) is 11.7 Å². The lowest BCUT2D eigenvalue weighted by Gasteiger charge is -2.07. The molecule has 0 saturated heterocycles. The number of nitrogens with zero attached hydrogens (tertiary/aromatic N) is 6. The number of hydrogen-bond donors (Lipinski definition) is 1. The maximum atomic E-state index is 12.9. The third kappa shape index (κ3) is 4.76. The molecule has 4 rings (SSSR count). The zero-order valence-electron chi connectivity index (χ0n) is 17.2. The van der Waals surface area contributed by atoms with E-state index in [2.05, 4.69) is 20.4 Å². The number of fused-ring (bicyclic) bond motifs is 1. The summed E-state index contributed by atoms with van der Waals surface area (Å²) in [6, 6.07) is 8.08. The molecule has 0 aliphatic rings. The van der Waals surface area contributed by atoms with Crippen molar-refractivity contribution < 1.29 is 27.4 Å². The average molecular weight is 459 g/mol. The van der Waals surface area contributed by atoms with Crippen molar-refractivity contribution in [2.45, 2.75) is 6.18 Å². The van der Waals surface area contributed by atoms with E-state index >= 15 is 0 Å². The molecule has 10 nitrogen and oxygen atoms in total. The van der Waals surface area contributed by atoms with Crippen molar-refractivity contribution in [1.29, 1.82) is 0 Å². The lowest BCUT2D eigenvalue weighted by Crippen LogP contribution is -2.18. The van der Waals surface area contributed by atoms with Gasteiger partial charge in [0.25, 0.3) is 0 Å². The summed E-state index contributed by atoms with van der Waals surface area (Å²) in [5, 5.41) is 17.8. The van der Waals surface area contributed by atoms with E-state index in [1.54, 1.807) is 24.3 Å². The highest BCUT2D eigenvalue weighted by Gasteiger charge is 2.35. The molecule has 0 radical (unpaired) electrons. The number of anilines is 1. The first-order chi connectivity index (χ1) is 15.6. The highest BCUT2D eigenvalue weighted by Crippen LogP contribution is 2.30. The SMILES string of the molecule is Cn1nc(NC(=O)n2ccc3cc(Oc4cc(C=[N+](C)[O-])ncn4)ccc32)cc1C(F)(F)F. The van der Waals surface area contributed by atoms with Crippen molar-refractivity contribution in [3.63, 3.8) is 0 Å². The van der Waals surface area contributed by atoms with Crippen LogP contribution >= 0.6 is 0 Å². The maximum absolute atomic E-state index is 12.9. The molecule has 33 heavy (non-hydrogen) atoms. The first kappa shape index (κ1) is 21.8. The van der Waals surface area contributed by atoms with E-state index in [0.717, 1.165) is 13.1 Å². The van der Waals surface area contributed by atoms with E-state index in [1.807, 2.05) is 0 Å². The van der Waals surface area contributed by atoms with Gasteiger partial charge in [-0.3, -0.25) is 14.6 Å². The van der Waals surface area contributed by atoms with Gasteiger partial charge in [0.2, 0.25) is 5.88 Å². The second-order valence-corrected chi connectivity index (χ2v) is 6.93. The number of hydrogen-bond acceptors (Lipinski definition) is 6. The van der Waals surface area contributed by atoms with Gasteiger partial charge in [0.05, 0.1) is 5.52 Å². The van der Waals surface area contributed by atoms with Crippen molar-refractivity contribution in [1.82, 2.24) is 24.3 Å². The maximum Gasteiger partial charge on any atom is 0.433 e. The number of aromatic nitrogens is 5. The van der Waals surface area contributed by atoms with Crippen LogP contribution in [-0.4, -0.2) is 48.3 Å². The number of carbonyl (C=O) groups is 1. The summed E-state index contributed by atoms with van der Waals surface area (Å²) in [6.45, 7) is 0. The fraction of sp³-hybridized carbons (Fsp3) is 0.150. The molecule has 0 bridgehead atoms. The first-order valence-electron chi connectivity index (χ1n) is 9.38. The largest absolute Gasteiger partial charge is 0.624 e. The fourth-order valence-electron chi connectivity index (χ4n) is 3.11. The van der Waals surface area contributed by atoms with Gasteiger partial charge in [-0.25, -0.2) is 19.5 Å². The van der Waals surface area contributed by atoms with Crippen LogP contribution in [0.4, 0.5) is 23.8 Å². The molecule has 0 atom stereocenters. The molecule has 1 N–H and O–H groups in total. The highest BCUT2D eigenvalue weighted by atomic mass is 19.4. The Hall–Kier alpha value is -4.42. The number of halogens is 3. The Kier molecular flexibility index (Phi) is 5.45. The molecule has 13 heteroatoms. The molecular formula is C20H16F3N7O3. The van der Waals surface area contributed by atoms with Crippen LogP contribution in [-0.2, 0) is 13.2 Å². The summed E-state index contributed by atoms with van der Waals surface area (Å²) in [4.78, 5) is 20.5. The molecule has 0 saturated carbocycles. The van der Waals surface area contributed by atoms with Gasteiger partial charge in [0.15, 0.2) is 12.0 Å². The monoisotopic (exact) mass is 459 g/mol. The number of carbonyl (C=O) groups excluding carboxylic acids is 1. The van der Waals surface area contributed by atoms with Crippen LogP contribution in [0.15, 0.2) is 48.9 Å². The zero-order valence-corrected chi connectivity index (χ0v) is 17.2. The van der Waals surface area contributed by atoms with Crippen molar-refractivity contribution in [2.75, 3.05) is 12.4 Å². The number of alkyl halides is 3. The topological polar surface area (TPSA) is 113 Å². The summed E-state index contributed by atoms with van der Waals surface area (Å²) < 4.78 is 47.0. The summed E-state index contributed by atoms with van der Waals surface area (Å²) in [5.41, 5.74) is -0.120. The molecule has 0 fully saturated rings. The van der Waals surface area contributed by atoms with Crippen LogP contribution in [0.2, 0.25) is 0 Å². The lowest BCUT2D eigenvalue weighted by atomic mass is 10.2. The van der Waals surface area contributed by atoms with Gasteiger partial charge in [-0.2, -0.15) is 18.3 Å². The number of nitrogens with one attached hydrogen (secondary N) is 1. The second-order valence-electron chi connectivity index (χ2n) is 6.93. The lowest BCUT2D eigenvalue weighted by molar-refractivity contribution is -0.416. The molecule has 1 amide bonds. The van der Waals surface area contributed by atoms with E-state index < -0.39 is 17.9 Å². The number of hydroxylamine groups is 1. The van der Waals surface area contributed by atoms with Gasteiger partial charge in [-0.15, -0.1) is 0 Å². The van der Waals surface area contributed by atoms with Crippen molar-refractivity contribution in [3.05, 3.63) is 65.5 Å². The predicted octanol–water partition coefficient (Wildman–Crippen LogP) is 3.62. The van der Waals surface area contributed by atoms with Gasteiger partial charge in [0.1, 0.15) is 30.5 Å². The third-order valence-electron chi connectivity index (χ3n) is 4.49. The first-order valence-corrected chi connectivity index (χ1v) is 9.38. The van der Waals surface area contributed by atoms with Crippen LogP contribution in [0, 0.1) is 5.21 Å². The van der Waals surface area contributed by atoms with Gasteiger partial charge in [-0.05, 0) is 24.3 Å². The van der Waals surface area contributed by atoms with E-state index in [1.165, 1.54) is 36.4 Å². The van der Waals surface area contributed by atoms with Gasteiger partial charge in [0, 0.05) is 30.8 Å². The van der Waals surface area contributed by atoms with Crippen LogP contribution in [0.3, 0.4) is 0 Å². The minimum absolute atomic E-state index is 0.213.